The number of hydrogen-bond acceptors (Lipinski definition) is 6. The molecule has 5 aromatic carbocycles. The molecule has 0 spiro atoms. The van der Waals surface area contributed by atoms with Crippen LogP contribution in [0.1, 0.15) is 52.1 Å². The first-order chi connectivity index (χ1) is 23.9. The first-order valence-corrected chi connectivity index (χ1v) is 16.5. The summed E-state index contributed by atoms with van der Waals surface area (Å²) in [5.41, 5.74) is 4.09. The van der Waals surface area contributed by atoms with Gasteiger partial charge in [-0.05, 0) is 34.2 Å². The van der Waals surface area contributed by atoms with Gasteiger partial charge in [-0.3, -0.25) is 24.6 Å². The standard InChI is InChI=1S/C41H39N3O5/c1-42(40(45)38(30-15-6-2-7-16-30)31-17-8-3-9-18-31)37(34-23-14-24-35(27-34)44(47)48)29-43-26-25-36(28-43)49-41(46)39(32-19-10-4-11-20-32)33-21-12-5-13-22-33/h2-24,27,36-39H,25-26,28-29H2,1H3/t36-,37?/m0/s1. The lowest BCUT2D eigenvalue weighted by Gasteiger charge is -2.34. The van der Waals surface area contributed by atoms with Gasteiger partial charge in [-0.15, -0.1) is 0 Å². The summed E-state index contributed by atoms with van der Waals surface area (Å²) in [5, 5.41) is 11.8. The van der Waals surface area contributed by atoms with Gasteiger partial charge >= 0.3 is 5.97 Å². The summed E-state index contributed by atoms with van der Waals surface area (Å²) in [6.07, 6.45) is 0.299. The highest BCUT2D eigenvalue weighted by Crippen LogP contribution is 2.33. The molecular weight excluding hydrogens is 614 g/mol. The molecule has 6 rings (SSSR count). The third-order valence-electron chi connectivity index (χ3n) is 9.24. The Balaban J connectivity index is 1.24. The van der Waals surface area contributed by atoms with Crippen LogP contribution in [0.4, 0.5) is 5.69 Å². The van der Waals surface area contributed by atoms with Crippen LogP contribution < -0.4 is 0 Å². The molecule has 1 aliphatic rings. The first kappa shape index (κ1) is 33.3. The Bertz CT molecular complexity index is 1780. The Kier molecular flexibility index (Phi) is 10.6. The molecule has 1 aliphatic heterocycles. The molecule has 1 fully saturated rings. The van der Waals surface area contributed by atoms with Gasteiger partial charge in [-0.25, -0.2) is 0 Å². The number of hydrogen-bond donors (Lipinski definition) is 0. The van der Waals surface area contributed by atoms with Crippen LogP contribution in [0.15, 0.2) is 146 Å². The molecule has 8 nitrogen and oxygen atoms in total. The number of ether oxygens (including phenoxy) is 1. The van der Waals surface area contributed by atoms with E-state index in [0.717, 1.165) is 22.3 Å². The van der Waals surface area contributed by atoms with Crippen molar-refractivity contribution in [2.24, 2.45) is 0 Å². The molecule has 1 heterocycles. The predicted octanol–water partition coefficient (Wildman–Crippen LogP) is 7.38. The Morgan fingerprint density at radius 1 is 0.735 bits per heavy atom. The van der Waals surface area contributed by atoms with E-state index in [2.05, 4.69) is 4.90 Å². The van der Waals surface area contributed by atoms with Crippen molar-refractivity contribution < 1.29 is 19.2 Å². The maximum atomic E-state index is 14.5. The second kappa shape index (κ2) is 15.5. The van der Waals surface area contributed by atoms with Crippen LogP contribution in [-0.4, -0.2) is 59.4 Å². The van der Waals surface area contributed by atoms with Crippen molar-refractivity contribution in [1.29, 1.82) is 0 Å². The zero-order valence-corrected chi connectivity index (χ0v) is 27.4. The summed E-state index contributed by atoms with van der Waals surface area (Å²) < 4.78 is 6.16. The summed E-state index contributed by atoms with van der Waals surface area (Å²) in [6.45, 7) is 1.54. The monoisotopic (exact) mass is 653 g/mol. The van der Waals surface area contributed by atoms with Gasteiger partial charge in [0, 0.05) is 38.8 Å². The molecule has 0 saturated carbocycles. The van der Waals surface area contributed by atoms with Gasteiger partial charge in [0.05, 0.1) is 16.9 Å². The highest BCUT2D eigenvalue weighted by molar-refractivity contribution is 5.87. The molecule has 0 N–H and O–H groups in total. The Hall–Kier alpha value is -5.60. The molecule has 1 amide bonds. The molecule has 1 unspecified atom stereocenters. The number of esters is 1. The first-order valence-electron chi connectivity index (χ1n) is 16.5. The summed E-state index contributed by atoms with van der Waals surface area (Å²) in [4.78, 5) is 43.5. The van der Waals surface area contributed by atoms with E-state index in [-0.39, 0.29) is 23.7 Å². The minimum Gasteiger partial charge on any atom is -0.460 e. The number of nitro groups is 1. The minimum atomic E-state index is -0.561. The van der Waals surface area contributed by atoms with Gasteiger partial charge in [-0.1, -0.05) is 133 Å². The van der Waals surface area contributed by atoms with E-state index in [1.54, 1.807) is 24.1 Å². The number of likely N-dealkylation sites (N-methyl/N-ethyl adjacent to an activating group) is 1. The van der Waals surface area contributed by atoms with Gasteiger partial charge in [0.15, 0.2) is 0 Å². The van der Waals surface area contributed by atoms with Crippen molar-refractivity contribution in [3.63, 3.8) is 0 Å². The largest absolute Gasteiger partial charge is 0.460 e. The van der Waals surface area contributed by atoms with Crippen LogP contribution in [0.2, 0.25) is 0 Å². The number of nitrogens with zero attached hydrogens (tertiary/aromatic N) is 3. The third kappa shape index (κ3) is 7.93. The zero-order valence-electron chi connectivity index (χ0n) is 27.4. The number of non-ortho nitro benzene ring substituents is 1. The van der Waals surface area contributed by atoms with E-state index < -0.39 is 22.8 Å². The highest BCUT2D eigenvalue weighted by atomic mass is 16.6. The molecule has 0 aromatic heterocycles. The van der Waals surface area contributed by atoms with Crippen molar-refractivity contribution in [2.75, 3.05) is 26.7 Å². The van der Waals surface area contributed by atoms with Gasteiger partial charge in [0.2, 0.25) is 5.91 Å². The maximum absolute atomic E-state index is 14.5. The smallest absolute Gasteiger partial charge is 0.318 e. The topological polar surface area (TPSA) is 93.0 Å². The molecule has 0 bridgehead atoms. The molecule has 5 aromatic rings. The Morgan fingerprint density at radius 2 is 1.20 bits per heavy atom. The predicted molar refractivity (Wildman–Crippen MR) is 189 cm³/mol. The van der Waals surface area contributed by atoms with Gasteiger partial charge in [0.25, 0.3) is 5.69 Å². The Labute approximate surface area is 286 Å². The van der Waals surface area contributed by atoms with E-state index in [1.165, 1.54) is 6.07 Å². The molecule has 0 aliphatic carbocycles. The Morgan fingerprint density at radius 3 is 1.69 bits per heavy atom. The van der Waals surface area contributed by atoms with Crippen LogP contribution in [0, 0.1) is 10.1 Å². The van der Waals surface area contributed by atoms with Crippen LogP contribution >= 0.6 is 0 Å². The van der Waals surface area contributed by atoms with Gasteiger partial charge in [-0.2, -0.15) is 0 Å². The second-order valence-electron chi connectivity index (χ2n) is 12.4. The SMILES string of the molecule is CN(C(=O)C(c1ccccc1)c1ccccc1)C(CN1CC[C@H](OC(=O)C(c2ccccc2)c2ccccc2)C1)c1cccc([N+](=O)[O-])c1. The maximum Gasteiger partial charge on any atom is 0.318 e. The fourth-order valence-electron chi connectivity index (χ4n) is 6.71. The van der Waals surface area contributed by atoms with E-state index in [0.29, 0.717) is 31.6 Å². The minimum absolute atomic E-state index is 0.0351. The zero-order chi connectivity index (χ0) is 34.2. The van der Waals surface area contributed by atoms with Crippen molar-refractivity contribution in [2.45, 2.75) is 30.4 Å². The average Bonchev–Trinajstić information content (AvgIpc) is 3.59. The quantitative estimate of drug-likeness (QED) is 0.0793. The molecule has 1 saturated heterocycles. The number of nitro benzene ring substituents is 1. The number of likely N-dealkylation sites (tertiary alicyclic amines) is 1. The lowest BCUT2D eigenvalue weighted by Crippen LogP contribution is -2.41. The number of carbonyl (C=O) groups is 2. The molecular formula is C41H39N3O5. The summed E-state index contributed by atoms with van der Waals surface area (Å²) >= 11 is 0. The van der Waals surface area contributed by atoms with Crippen LogP contribution in [0.3, 0.4) is 0 Å². The van der Waals surface area contributed by atoms with E-state index in [1.807, 2.05) is 127 Å². The van der Waals surface area contributed by atoms with Crippen LogP contribution in [0.5, 0.6) is 0 Å². The van der Waals surface area contributed by atoms with E-state index in [9.17, 15) is 19.7 Å². The lowest BCUT2D eigenvalue weighted by atomic mass is 9.89. The number of rotatable bonds is 12. The molecule has 248 valence electrons. The van der Waals surface area contributed by atoms with Crippen molar-refractivity contribution in [1.82, 2.24) is 9.80 Å². The molecule has 49 heavy (non-hydrogen) atoms. The number of amides is 1. The fourth-order valence-corrected chi connectivity index (χ4v) is 6.71. The van der Waals surface area contributed by atoms with Gasteiger partial charge < -0.3 is 9.64 Å². The third-order valence-corrected chi connectivity index (χ3v) is 9.24. The second-order valence-corrected chi connectivity index (χ2v) is 12.4. The van der Waals surface area contributed by atoms with Crippen LogP contribution in [-0.2, 0) is 14.3 Å². The number of benzene rings is 5. The van der Waals surface area contributed by atoms with E-state index >= 15 is 0 Å². The van der Waals surface area contributed by atoms with Crippen LogP contribution in [0.25, 0.3) is 0 Å². The summed E-state index contributed by atoms with van der Waals surface area (Å²) in [5.74, 6) is -1.54. The normalized spacial score (nSPS) is 15.2. The summed E-state index contributed by atoms with van der Waals surface area (Å²) in [6, 6.07) is 44.6. The average molecular weight is 654 g/mol. The van der Waals surface area contributed by atoms with E-state index in [4.69, 9.17) is 4.74 Å². The fraction of sp³-hybridized carbons (Fsp3) is 0.220. The molecule has 8 heteroatoms. The lowest BCUT2D eigenvalue weighted by molar-refractivity contribution is -0.385. The molecule has 0 radical (unpaired) electrons. The number of carbonyl (C=O) groups excluding carboxylic acids is 2. The van der Waals surface area contributed by atoms with Crippen molar-refractivity contribution >= 4 is 17.6 Å². The van der Waals surface area contributed by atoms with Crippen molar-refractivity contribution in [3.05, 3.63) is 184 Å². The van der Waals surface area contributed by atoms with Crippen molar-refractivity contribution in [3.8, 4) is 0 Å². The van der Waals surface area contributed by atoms with Gasteiger partial charge in [0.1, 0.15) is 12.0 Å². The summed E-state index contributed by atoms with van der Waals surface area (Å²) in [7, 11) is 1.77. The molecule has 2 atom stereocenters. The highest BCUT2D eigenvalue weighted by Gasteiger charge is 2.35.